The molecule has 1 amide bonds. The lowest BCUT2D eigenvalue weighted by Gasteiger charge is -2.40. The van der Waals surface area contributed by atoms with Gasteiger partial charge in [-0.2, -0.15) is 0 Å². The maximum Gasteiger partial charge on any atom is 0.239 e. The zero-order valence-electron chi connectivity index (χ0n) is 12.1. The number of amides is 1. The topological polar surface area (TPSA) is 46.3 Å². The molecule has 3 nitrogen and oxygen atoms in total. The van der Waals surface area contributed by atoms with Gasteiger partial charge in [0.2, 0.25) is 5.91 Å². The van der Waals surface area contributed by atoms with Crippen molar-refractivity contribution < 1.29 is 4.79 Å². The first-order chi connectivity index (χ1) is 8.95. The molecule has 2 rings (SSSR count). The van der Waals surface area contributed by atoms with E-state index in [2.05, 4.69) is 39.0 Å². The molecule has 1 unspecified atom stereocenters. The van der Waals surface area contributed by atoms with Crippen molar-refractivity contribution >= 4 is 5.91 Å². The number of hydrogen-bond acceptors (Lipinski definition) is 2. The lowest BCUT2D eigenvalue weighted by atomic mass is 9.78. The molecule has 0 aliphatic carbocycles. The van der Waals surface area contributed by atoms with Crippen LogP contribution in [0.25, 0.3) is 0 Å². The third kappa shape index (κ3) is 2.81. The van der Waals surface area contributed by atoms with Crippen molar-refractivity contribution in [1.82, 2.24) is 4.90 Å². The number of carbonyl (C=O) groups excluding carboxylic acids is 1. The number of fused-ring (bicyclic) bond motifs is 1. The zero-order valence-corrected chi connectivity index (χ0v) is 12.1. The lowest BCUT2D eigenvalue weighted by molar-refractivity contribution is -0.134. The van der Waals surface area contributed by atoms with Crippen LogP contribution < -0.4 is 5.73 Å². The molecule has 0 aromatic heterocycles. The van der Waals surface area contributed by atoms with Crippen molar-refractivity contribution in [2.45, 2.75) is 51.6 Å². The van der Waals surface area contributed by atoms with Crippen LogP contribution in [0.4, 0.5) is 0 Å². The molecule has 1 aromatic carbocycles. The molecule has 0 bridgehead atoms. The molecule has 2 N–H and O–H groups in total. The van der Waals surface area contributed by atoms with Crippen molar-refractivity contribution in [1.29, 1.82) is 0 Å². The van der Waals surface area contributed by atoms with Gasteiger partial charge >= 0.3 is 0 Å². The standard InChI is InChI=1S/C16H24N2O/c1-4-7-14(17)15(19)18-10-12-8-5-6-9-13(12)16(2,3)11-18/h5-6,8-9,14H,4,7,10-11,17H2,1-3H3. The summed E-state index contributed by atoms with van der Waals surface area (Å²) >= 11 is 0. The number of benzene rings is 1. The lowest BCUT2D eigenvalue weighted by Crippen LogP contribution is -2.50. The molecule has 0 radical (unpaired) electrons. The van der Waals surface area contributed by atoms with Gasteiger partial charge in [-0.05, 0) is 17.5 Å². The molecule has 1 heterocycles. The molecule has 1 aliphatic heterocycles. The van der Waals surface area contributed by atoms with Crippen LogP contribution >= 0.6 is 0 Å². The van der Waals surface area contributed by atoms with Crippen molar-refractivity contribution in [3.05, 3.63) is 35.4 Å². The SMILES string of the molecule is CCCC(N)C(=O)N1Cc2ccccc2C(C)(C)C1. The number of carbonyl (C=O) groups is 1. The second-order valence-electron chi connectivity index (χ2n) is 6.13. The Morgan fingerprint density at radius 2 is 2.11 bits per heavy atom. The molecular weight excluding hydrogens is 236 g/mol. The van der Waals surface area contributed by atoms with Crippen LogP contribution in [0.2, 0.25) is 0 Å². The van der Waals surface area contributed by atoms with Gasteiger partial charge in [0.05, 0.1) is 6.04 Å². The van der Waals surface area contributed by atoms with Gasteiger partial charge in [0.1, 0.15) is 0 Å². The van der Waals surface area contributed by atoms with E-state index in [4.69, 9.17) is 5.73 Å². The van der Waals surface area contributed by atoms with Gasteiger partial charge in [-0.3, -0.25) is 4.79 Å². The van der Waals surface area contributed by atoms with Gasteiger partial charge in [-0.15, -0.1) is 0 Å². The molecule has 3 heteroatoms. The van der Waals surface area contributed by atoms with Crippen molar-refractivity contribution in [2.75, 3.05) is 6.54 Å². The maximum atomic E-state index is 12.4. The highest BCUT2D eigenvalue weighted by Crippen LogP contribution is 2.33. The molecule has 0 saturated carbocycles. The highest BCUT2D eigenvalue weighted by Gasteiger charge is 2.34. The van der Waals surface area contributed by atoms with E-state index in [1.807, 2.05) is 11.0 Å². The van der Waals surface area contributed by atoms with E-state index < -0.39 is 0 Å². The Hall–Kier alpha value is -1.35. The monoisotopic (exact) mass is 260 g/mol. The quantitative estimate of drug-likeness (QED) is 0.907. The molecule has 19 heavy (non-hydrogen) atoms. The summed E-state index contributed by atoms with van der Waals surface area (Å²) in [5, 5.41) is 0. The average molecular weight is 260 g/mol. The van der Waals surface area contributed by atoms with Crippen LogP contribution in [0.5, 0.6) is 0 Å². The predicted molar refractivity (Wildman–Crippen MR) is 77.8 cm³/mol. The Kier molecular flexibility index (Phi) is 3.95. The number of hydrogen-bond donors (Lipinski definition) is 1. The molecule has 0 fully saturated rings. The molecular formula is C16H24N2O. The van der Waals surface area contributed by atoms with Crippen LogP contribution in [0.3, 0.4) is 0 Å². The Balaban J connectivity index is 2.22. The first-order valence-electron chi connectivity index (χ1n) is 7.08. The minimum atomic E-state index is -0.355. The smallest absolute Gasteiger partial charge is 0.239 e. The van der Waals surface area contributed by atoms with E-state index in [0.29, 0.717) is 6.54 Å². The fraction of sp³-hybridized carbons (Fsp3) is 0.562. The third-order valence-electron chi connectivity index (χ3n) is 3.92. The maximum absolute atomic E-state index is 12.4. The summed E-state index contributed by atoms with van der Waals surface area (Å²) < 4.78 is 0. The summed E-state index contributed by atoms with van der Waals surface area (Å²) in [7, 11) is 0. The van der Waals surface area contributed by atoms with Crippen LogP contribution in [0, 0.1) is 0 Å². The second kappa shape index (κ2) is 5.33. The summed E-state index contributed by atoms with van der Waals surface area (Å²) in [6, 6.07) is 8.03. The minimum absolute atomic E-state index is 0.00353. The minimum Gasteiger partial charge on any atom is -0.336 e. The van der Waals surface area contributed by atoms with Crippen molar-refractivity contribution in [3.8, 4) is 0 Å². The molecule has 1 aliphatic rings. The van der Waals surface area contributed by atoms with Gasteiger partial charge in [0.25, 0.3) is 0 Å². The summed E-state index contributed by atoms with van der Waals surface area (Å²) in [4.78, 5) is 14.3. The van der Waals surface area contributed by atoms with E-state index >= 15 is 0 Å². The van der Waals surface area contributed by atoms with Gasteiger partial charge in [0, 0.05) is 18.5 Å². The zero-order chi connectivity index (χ0) is 14.0. The largest absolute Gasteiger partial charge is 0.336 e. The molecule has 1 atom stereocenters. The number of nitrogens with two attached hydrogens (primary N) is 1. The normalized spacial score (nSPS) is 18.8. The summed E-state index contributed by atoms with van der Waals surface area (Å²) in [5.74, 6) is 0.0874. The van der Waals surface area contributed by atoms with Crippen LogP contribution in [-0.2, 0) is 16.8 Å². The summed E-state index contributed by atoms with van der Waals surface area (Å²) in [6.07, 6.45) is 1.71. The van der Waals surface area contributed by atoms with Crippen molar-refractivity contribution in [2.24, 2.45) is 5.73 Å². The second-order valence-corrected chi connectivity index (χ2v) is 6.13. The van der Waals surface area contributed by atoms with Gasteiger partial charge in [-0.1, -0.05) is 51.5 Å². The number of nitrogens with zero attached hydrogens (tertiary/aromatic N) is 1. The third-order valence-corrected chi connectivity index (χ3v) is 3.92. The first kappa shape index (κ1) is 14.1. The van der Waals surface area contributed by atoms with Gasteiger partial charge < -0.3 is 10.6 Å². The van der Waals surface area contributed by atoms with E-state index in [1.54, 1.807) is 0 Å². The van der Waals surface area contributed by atoms with Crippen LogP contribution in [-0.4, -0.2) is 23.4 Å². The highest BCUT2D eigenvalue weighted by atomic mass is 16.2. The molecule has 0 saturated heterocycles. The summed E-state index contributed by atoms with van der Waals surface area (Å²) in [6.45, 7) is 7.88. The molecule has 0 spiro atoms. The average Bonchev–Trinajstić information content (AvgIpc) is 2.37. The Morgan fingerprint density at radius 3 is 2.79 bits per heavy atom. The first-order valence-corrected chi connectivity index (χ1v) is 7.08. The van der Waals surface area contributed by atoms with Crippen molar-refractivity contribution in [3.63, 3.8) is 0 Å². The highest BCUT2D eigenvalue weighted by molar-refractivity contribution is 5.82. The van der Waals surface area contributed by atoms with Crippen LogP contribution in [0.1, 0.15) is 44.7 Å². The fourth-order valence-corrected chi connectivity index (χ4v) is 2.97. The van der Waals surface area contributed by atoms with Crippen LogP contribution in [0.15, 0.2) is 24.3 Å². The van der Waals surface area contributed by atoms with Gasteiger partial charge in [-0.25, -0.2) is 0 Å². The van der Waals surface area contributed by atoms with Gasteiger partial charge in [0.15, 0.2) is 0 Å². The Bertz CT molecular complexity index is 468. The van der Waals surface area contributed by atoms with E-state index in [9.17, 15) is 4.79 Å². The molecule has 104 valence electrons. The Labute approximate surface area is 115 Å². The fourth-order valence-electron chi connectivity index (χ4n) is 2.97. The number of rotatable bonds is 3. The Morgan fingerprint density at radius 1 is 1.42 bits per heavy atom. The van der Waals surface area contributed by atoms with E-state index in [1.165, 1.54) is 11.1 Å². The van der Waals surface area contributed by atoms with E-state index in [0.717, 1.165) is 19.4 Å². The summed E-state index contributed by atoms with van der Waals surface area (Å²) in [5.41, 5.74) is 8.57. The van der Waals surface area contributed by atoms with E-state index in [-0.39, 0.29) is 17.4 Å². The molecule has 1 aromatic rings. The predicted octanol–water partition coefficient (Wildman–Crippen LogP) is 2.43.